The predicted molar refractivity (Wildman–Crippen MR) is 57.9 cm³/mol. The molecule has 0 aromatic heterocycles. The van der Waals surface area contributed by atoms with Gasteiger partial charge in [0.05, 0.1) is 12.2 Å². The van der Waals surface area contributed by atoms with Crippen LogP contribution < -0.4 is 5.32 Å². The van der Waals surface area contributed by atoms with Crippen molar-refractivity contribution in [1.29, 1.82) is 0 Å². The topological polar surface area (TPSA) is 32.3 Å². The summed E-state index contributed by atoms with van der Waals surface area (Å²) < 4.78 is 0. The van der Waals surface area contributed by atoms with Gasteiger partial charge in [-0.3, -0.25) is 10.1 Å². The second-order valence-electron chi connectivity index (χ2n) is 3.94. The summed E-state index contributed by atoms with van der Waals surface area (Å²) in [6.45, 7) is 7.26. The summed E-state index contributed by atoms with van der Waals surface area (Å²) >= 11 is 0. The van der Waals surface area contributed by atoms with Crippen molar-refractivity contribution in [2.45, 2.75) is 58.7 Å². The molecule has 1 aliphatic heterocycles. The lowest BCUT2D eigenvalue weighted by molar-refractivity contribution is -0.130. The van der Waals surface area contributed by atoms with Crippen LogP contribution in [0.5, 0.6) is 0 Å². The molecule has 14 heavy (non-hydrogen) atoms. The van der Waals surface area contributed by atoms with Gasteiger partial charge in [-0.2, -0.15) is 0 Å². The van der Waals surface area contributed by atoms with Gasteiger partial charge in [0.25, 0.3) is 0 Å². The minimum atomic E-state index is 0.0665. The van der Waals surface area contributed by atoms with Crippen molar-refractivity contribution in [1.82, 2.24) is 10.2 Å². The Balaban J connectivity index is 2.56. The van der Waals surface area contributed by atoms with Crippen LogP contribution in [0, 0.1) is 0 Å². The standard InChI is InChI=1S/C11H22N2O/c1-4-7-8-13-10(6-3)12-9(5-2)11(13)14/h9-10,12H,4-8H2,1-3H3. The number of amides is 1. The molecule has 2 atom stereocenters. The summed E-state index contributed by atoms with van der Waals surface area (Å²) in [6, 6.07) is 0.0665. The summed E-state index contributed by atoms with van der Waals surface area (Å²) in [5, 5.41) is 3.38. The maximum atomic E-state index is 11.9. The zero-order valence-electron chi connectivity index (χ0n) is 9.55. The van der Waals surface area contributed by atoms with E-state index < -0.39 is 0 Å². The zero-order chi connectivity index (χ0) is 10.6. The fraction of sp³-hybridized carbons (Fsp3) is 0.909. The van der Waals surface area contributed by atoms with Crippen LogP contribution >= 0.6 is 0 Å². The maximum Gasteiger partial charge on any atom is 0.241 e. The maximum absolute atomic E-state index is 11.9. The molecule has 0 spiro atoms. The number of hydrogen-bond donors (Lipinski definition) is 1. The van der Waals surface area contributed by atoms with Gasteiger partial charge in [-0.15, -0.1) is 0 Å². The Hall–Kier alpha value is -0.570. The second-order valence-corrected chi connectivity index (χ2v) is 3.94. The van der Waals surface area contributed by atoms with E-state index in [2.05, 4.69) is 26.1 Å². The highest BCUT2D eigenvalue weighted by Gasteiger charge is 2.35. The van der Waals surface area contributed by atoms with Gasteiger partial charge in [0.1, 0.15) is 0 Å². The first kappa shape index (κ1) is 11.5. The number of unbranched alkanes of at least 4 members (excludes halogenated alkanes) is 1. The molecule has 1 N–H and O–H groups in total. The highest BCUT2D eigenvalue weighted by atomic mass is 16.2. The van der Waals surface area contributed by atoms with Crippen molar-refractivity contribution in [3.63, 3.8) is 0 Å². The van der Waals surface area contributed by atoms with Gasteiger partial charge >= 0.3 is 0 Å². The molecule has 3 nitrogen and oxygen atoms in total. The summed E-state index contributed by atoms with van der Waals surface area (Å²) in [6.07, 6.45) is 4.44. The van der Waals surface area contributed by atoms with Crippen molar-refractivity contribution < 1.29 is 4.79 Å². The Bertz CT molecular complexity index is 194. The lowest BCUT2D eigenvalue weighted by Gasteiger charge is -2.22. The van der Waals surface area contributed by atoms with Crippen LogP contribution in [0.3, 0.4) is 0 Å². The largest absolute Gasteiger partial charge is 0.326 e. The van der Waals surface area contributed by atoms with Crippen LogP contribution in [-0.2, 0) is 4.79 Å². The lowest BCUT2D eigenvalue weighted by Crippen LogP contribution is -2.37. The van der Waals surface area contributed by atoms with E-state index >= 15 is 0 Å². The molecule has 1 rings (SSSR count). The molecular formula is C11H22N2O. The third-order valence-corrected chi connectivity index (χ3v) is 2.90. The summed E-state index contributed by atoms with van der Waals surface area (Å²) in [5.41, 5.74) is 0. The van der Waals surface area contributed by atoms with Crippen LogP contribution in [0.2, 0.25) is 0 Å². The molecule has 0 aromatic carbocycles. The normalized spacial score (nSPS) is 27.4. The quantitative estimate of drug-likeness (QED) is 0.729. The van der Waals surface area contributed by atoms with Gasteiger partial charge in [0, 0.05) is 6.54 Å². The van der Waals surface area contributed by atoms with Crippen molar-refractivity contribution in [3.05, 3.63) is 0 Å². The van der Waals surface area contributed by atoms with Gasteiger partial charge < -0.3 is 4.90 Å². The van der Waals surface area contributed by atoms with Crippen molar-refractivity contribution in [2.24, 2.45) is 0 Å². The molecule has 0 radical (unpaired) electrons. The van der Waals surface area contributed by atoms with Gasteiger partial charge in [0.2, 0.25) is 5.91 Å². The molecule has 1 fully saturated rings. The average Bonchev–Trinajstić information content (AvgIpc) is 2.52. The second kappa shape index (κ2) is 5.35. The molecule has 0 saturated carbocycles. The van der Waals surface area contributed by atoms with E-state index in [-0.39, 0.29) is 12.2 Å². The summed E-state index contributed by atoms with van der Waals surface area (Å²) in [5.74, 6) is 0.299. The molecular weight excluding hydrogens is 176 g/mol. The molecule has 1 heterocycles. The molecule has 0 aliphatic carbocycles. The van der Waals surface area contributed by atoms with Gasteiger partial charge in [-0.05, 0) is 19.3 Å². The van der Waals surface area contributed by atoms with E-state index in [9.17, 15) is 4.79 Å². The molecule has 3 heteroatoms. The molecule has 0 aromatic rings. The van der Waals surface area contributed by atoms with Crippen LogP contribution in [0.1, 0.15) is 46.5 Å². The summed E-state index contributed by atoms with van der Waals surface area (Å²) in [4.78, 5) is 13.9. The monoisotopic (exact) mass is 198 g/mol. The molecule has 1 aliphatic rings. The van der Waals surface area contributed by atoms with Gasteiger partial charge in [-0.1, -0.05) is 27.2 Å². The van der Waals surface area contributed by atoms with E-state index in [1.807, 2.05) is 4.90 Å². The first-order valence-corrected chi connectivity index (χ1v) is 5.81. The highest BCUT2D eigenvalue weighted by Crippen LogP contribution is 2.16. The number of rotatable bonds is 5. The first-order chi connectivity index (χ1) is 6.74. The Morgan fingerprint density at radius 2 is 2.00 bits per heavy atom. The third-order valence-electron chi connectivity index (χ3n) is 2.90. The molecule has 82 valence electrons. The molecule has 1 saturated heterocycles. The Morgan fingerprint density at radius 1 is 1.29 bits per heavy atom. The van der Waals surface area contributed by atoms with E-state index in [1.165, 1.54) is 0 Å². The third kappa shape index (κ3) is 2.27. The number of carbonyl (C=O) groups is 1. The fourth-order valence-corrected chi connectivity index (χ4v) is 1.97. The minimum Gasteiger partial charge on any atom is -0.326 e. The van der Waals surface area contributed by atoms with E-state index in [0.29, 0.717) is 5.91 Å². The minimum absolute atomic E-state index is 0.0665. The van der Waals surface area contributed by atoms with Crippen LogP contribution in [0.25, 0.3) is 0 Å². The van der Waals surface area contributed by atoms with Crippen molar-refractivity contribution in [3.8, 4) is 0 Å². The molecule has 2 unspecified atom stereocenters. The van der Waals surface area contributed by atoms with E-state index in [1.54, 1.807) is 0 Å². The molecule has 1 amide bonds. The van der Waals surface area contributed by atoms with Crippen LogP contribution in [-0.4, -0.2) is 29.6 Å². The predicted octanol–water partition coefficient (Wildman–Crippen LogP) is 1.73. The van der Waals surface area contributed by atoms with Gasteiger partial charge in [0.15, 0.2) is 0 Å². The van der Waals surface area contributed by atoms with Gasteiger partial charge in [-0.25, -0.2) is 0 Å². The van der Waals surface area contributed by atoms with E-state index in [0.717, 1.165) is 32.2 Å². The smallest absolute Gasteiger partial charge is 0.241 e. The Labute approximate surface area is 86.9 Å². The summed E-state index contributed by atoms with van der Waals surface area (Å²) in [7, 11) is 0. The zero-order valence-corrected chi connectivity index (χ0v) is 9.55. The fourth-order valence-electron chi connectivity index (χ4n) is 1.97. The number of nitrogens with zero attached hydrogens (tertiary/aromatic N) is 1. The number of carbonyl (C=O) groups excluding carboxylic acids is 1. The Kier molecular flexibility index (Phi) is 4.39. The lowest BCUT2D eigenvalue weighted by atomic mass is 10.2. The molecule has 0 bridgehead atoms. The number of nitrogens with one attached hydrogen (secondary N) is 1. The van der Waals surface area contributed by atoms with Crippen LogP contribution in [0.15, 0.2) is 0 Å². The first-order valence-electron chi connectivity index (χ1n) is 5.81. The Morgan fingerprint density at radius 3 is 2.50 bits per heavy atom. The average molecular weight is 198 g/mol. The van der Waals surface area contributed by atoms with E-state index in [4.69, 9.17) is 0 Å². The van der Waals surface area contributed by atoms with Crippen LogP contribution in [0.4, 0.5) is 0 Å². The number of hydrogen-bond acceptors (Lipinski definition) is 2. The van der Waals surface area contributed by atoms with Crippen molar-refractivity contribution >= 4 is 5.91 Å². The highest BCUT2D eigenvalue weighted by molar-refractivity contribution is 5.84. The van der Waals surface area contributed by atoms with Crippen molar-refractivity contribution in [2.75, 3.05) is 6.54 Å². The SMILES string of the molecule is CCCCN1C(=O)C(CC)NC1CC.